The first-order valence-corrected chi connectivity index (χ1v) is 7.58. The quantitative estimate of drug-likeness (QED) is 0.920. The smallest absolute Gasteiger partial charge is 0.225 e. The van der Waals surface area contributed by atoms with Gasteiger partial charge in [-0.05, 0) is 50.0 Å². The minimum Gasteiger partial charge on any atom is -0.341 e. The number of rotatable bonds is 4. The molecule has 0 spiro atoms. The number of aromatic nitrogens is 2. The number of piperidine rings is 1. The average Bonchev–Trinajstić information content (AvgIpc) is 3.20. The zero-order valence-corrected chi connectivity index (χ0v) is 11.9. The molecule has 2 fully saturated rings. The van der Waals surface area contributed by atoms with E-state index in [4.69, 9.17) is 17.3 Å². The molecular formula is C14H21ClN4. The van der Waals surface area contributed by atoms with Gasteiger partial charge in [0.15, 0.2) is 0 Å². The standard InChI is InChI=1S/C14H21ClN4/c15-12-8-17-14(18-9-12)19-5-2-10(3-6-19)13-7-11(13)1-4-16/h8-11,13H,1-7,16H2/t11?,13-/m1/s1. The first kappa shape index (κ1) is 13.1. The molecule has 1 aromatic heterocycles. The molecule has 1 unspecified atom stereocenters. The van der Waals surface area contributed by atoms with E-state index in [2.05, 4.69) is 14.9 Å². The molecular weight excluding hydrogens is 260 g/mol. The fourth-order valence-corrected chi connectivity index (χ4v) is 3.49. The highest BCUT2D eigenvalue weighted by Crippen LogP contribution is 2.49. The summed E-state index contributed by atoms with van der Waals surface area (Å²) in [5, 5.41) is 0.598. The van der Waals surface area contributed by atoms with Crippen LogP contribution in [0.1, 0.15) is 25.7 Å². The molecule has 1 aliphatic heterocycles. The van der Waals surface area contributed by atoms with Crippen LogP contribution >= 0.6 is 11.6 Å². The third-order valence-corrected chi connectivity index (χ3v) is 4.74. The van der Waals surface area contributed by atoms with Gasteiger partial charge in [0, 0.05) is 13.1 Å². The van der Waals surface area contributed by atoms with Crippen molar-refractivity contribution in [3.63, 3.8) is 0 Å². The lowest BCUT2D eigenvalue weighted by molar-refractivity contribution is 0.342. The van der Waals surface area contributed by atoms with Gasteiger partial charge < -0.3 is 10.6 Å². The molecule has 0 radical (unpaired) electrons. The van der Waals surface area contributed by atoms with Crippen molar-refractivity contribution >= 4 is 17.5 Å². The summed E-state index contributed by atoms with van der Waals surface area (Å²) in [6.07, 6.45) is 8.49. The Morgan fingerprint density at radius 1 is 1.26 bits per heavy atom. The van der Waals surface area contributed by atoms with Crippen molar-refractivity contribution in [2.24, 2.45) is 23.5 Å². The first-order valence-electron chi connectivity index (χ1n) is 7.20. The van der Waals surface area contributed by atoms with Gasteiger partial charge in [0.25, 0.3) is 0 Å². The van der Waals surface area contributed by atoms with Gasteiger partial charge in [-0.15, -0.1) is 0 Å². The van der Waals surface area contributed by atoms with E-state index in [0.29, 0.717) is 5.02 Å². The van der Waals surface area contributed by atoms with Crippen molar-refractivity contribution in [3.05, 3.63) is 17.4 Å². The number of anilines is 1. The van der Waals surface area contributed by atoms with E-state index in [-0.39, 0.29) is 0 Å². The zero-order valence-electron chi connectivity index (χ0n) is 11.1. The molecule has 3 rings (SSSR count). The van der Waals surface area contributed by atoms with E-state index in [1.165, 1.54) is 25.7 Å². The lowest BCUT2D eigenvalue weighted by atomic mass is 9.90. The Morgan fingerprint density at radius 2 is 1.95 bits per heavy atom. The monoisotopic (exact) mass is 280 g/mol. The summed E-state index contributed by atoms with van der Waals surface area (Å²) in [4.78, 5) is 10.9. The van der Waals surface area contributed by atoms with Gasteiger partial charge in [-0.25, -0.2) is 9.97 Å². The van der Waals surface area contributed by atoms with E-state index in [1.54, 1.807) is 12.4 Å². The van der Waals surface area contributed by atoms with Crippen LogP contribution in [-0.2, 0) is 0 Å². The molecule has 2 atom stereocenters. The predicted molar refractivity (Wildman–Crippen MR) is 77.2 cm³/mol. The van der Waals surface area contributed by atoms with Crippen molar-refractivity contribution < 1.29 is 0 Å². The number of nitrogens with zero attached hydrogens (tertiary/aromatic N) is 3. The maximum Gasteiger partial charge on any atom is 0.225 e. The van der Waals surface area contributed by atoms with E-state index in [0.717, 1.165) is 43.3 Å². The minimum absolute atomic E-state index is 0.598. The topological polar surface area (TPSA) is 55.0 Å². The van der Waals surface area contributed by atoms with Crippen LogP contribution < -0.4 is 10.6 Å². The molecule has 1 aliphatic carbocycles. The lowest BCUT2D eigenvalue weighted by Gasteiger charge is -2.32. The van der Waals surface area contributed by atoms with Crippen LogP contribution in [0.4, 0.5) is 5.95 Å². The van der Waals surface area contributed by atoms with Crippen molar-refractivity contribution in [3.8, 4) is 0 Å². The van der Waals surface area contributed by atoms with E-state index >= 15 is 0 Å². The number of hydrogen-bond acceptors (Lipinski definition) is 4. The summed E-state index contributed by atoms with van der Waals surface area (Å²) < 4.78 is 0. The third kappa shape index (κ3) is 3.00. The van der Waals surface area contributed by atoms with E-state index in [1.807, 2.05) is 0 Å². The highest BCUT2D eigenvalue weighted by Gasteiger charge is 2.42. The maximum absolute atomic E-state index is 5.82. The second-order valence-electron chi connectivity index (χ2n) is 5.76. The normalized spacial score (nSPS) is 27.6. The Morgan fingerprint density at radius 3 is 2.58 bits per heavy atom. The first-order chi connectivity index (χ1) is 9.28. The highest BCUT2D eigenvalue weighted by molar-refractivity contribution is 6.30. The summed E-state index contributed by atoms with van der Waals surface area (Å²) in [5.41, 5.74) is 5.64. The molecule has 4 nitrogen and oxygen atoms in total. The molecule has 2 N–H and O–H groups in total. The Bertz CT molecular complexity index is 414. The van der Waals surface area contributed by atoms with Crippen molar-refractivity contribution in [2.75, 3.05) is 24.5 Å². The molecule has 0 bridgehead atoms. The Kier molecular flexibility index (Phi) is 3.89. The average molecular weight is 281 g/mol. The van der Waals surface area contributed by atoms with Crippen LogP contribution in [0.15, 0.2) is 12.4 Å². The number of halogens is 1. The summed E-state index contributed by atoms with van der Waals surface area (Å²) in [7, 11) is 0. The molecule has 19 heavy (non-hydrogen) atoms. The van der Waals surface area contributed by atoms with Crippen molar-refractivity contribution in [1.82, 2.24) is 9.97 Å². The Labute approximate surface area is 119 Å². The molecule has 1 aromatic rings. The van der Waals surface area contributed by atoms with Gasteiger partial charge in [-0.1, -0.05) is 11.6 Å². The SMILES string of the molecule is NCCC1C[C@@H]1C1CCN(c2ncc(Cl)cn2)CC1. The predicted octanol–water partition coefficient (Wildman–Crippen LogP) is 2.33. The highest BCUT2D eigenvalue weighted by atomic mass is 35.5. The van der Waals surface area contributed by atoms with E-state index in [9.17, 15) is 0 Å². The lowest BCUT2D eigenvalue weighted by Crippen LogP contribution is -2.35. The van der Waals surface area contributed by atoms with Gasteiger partial charge in [-0.3, -0.25) is 0 Å². The van der Waals surface area contributed by atoms with Gasteiger partial charge in [0.1, 0.15) is 0 Å². The minimum atomic E-state index is 0.598. The summed E-state index contributed by atoms with van der Waals surface area (Å²) >= 11 is 5.82. The largest absolute Gasteiger partial charge is 0.341 e. The Hall–Kier alpha value is -0.870. The molecule has 104 valence electrons. The second-order valence-corrected chi connectivity index (χ2v) is 6.20. The molecule has 0 amide bonds. The molecule has 2 heterocycles. The van der Waals surface area contributed by atoms with Crippen LogP contribution in [0.25, 0.3) is 0 Å². The van der Waals surface area contributed by atoms with Gasteiger partial charge in [0.05, 0.1) is 17.4 Å². The maximum atomic E-state index is 5.82. The third-order valence-electron chi connectivity index (χ3n) is 4.55. The number of nitrogens with two attached hydrogens (primary N) is 1. The van der Waals surface area contributed by atoms with Crippen LogP contribution in [0.3, 0.4) is 0 Å². The van der Waals surface area contributed by atoms with Gasteiger partial charge >= 0.3 is 0 Å². The van der Waals surface area contributed by atoms with E-state index < -0.39 is 0 Å². The van der Waals surface area contributed by atoms with Crippen LogP contribution in [0.5, 0.6) is 0 Å². The fraction of sp³-hybridized carbons (Fsp3) is 0.714. The summed E-state index contributed by atoms with van der Waals surface area (Å²) in [6, 6.07) is 0. The van der Waals surface area contributed by atoms with Crippen molar-refractivity contribution in [2.45, 2.75) is 25.7 Å². The molecule has 2 aliphatic rings. The number of hydrogen-bond donors (Lipinski definition) is 1. The van der Waals surface area contributed by atoms with Crippen molar-refractivity contribution in [1.29, 1.82) is 0 Å². The van der Waals surface area contributed by atoms with Crippen LogP contribution in [0, 0.1) is 17.8 Å². The molecule has 5 heteroatoms. The fourth-order valence-electron chi connectivity index (χ4n) is 3.39. The van der Waals surface area contributed by atoms with Gasteiger partial charge in [0.2, 0.25) is 5.95 Å². The summed E-state index contributed by atoms with van der Waals surface area (Å²) in [6.45, 7) is 2.98. The van der Waals surface area contributed by atoms with Crippen LogP contribution in [-0.4, -0.2) is 29.6 Å². The molecule has 1 saturated heterocycles. The zero-order chi connectivity index (χ0) is 13.2. The second kappa shape index (κ2) is 5.63. The van der Waals surface area contributed by atoms with Gasteiger partial charge in [-0.2, -0.15) is 0 Å². The van der Waals surface area contributed by atoms with Crippen LogP contribution in [0.2, 0.25) is 5.02 Å². The Balaban J connectivity index is 1.51. The molecule has 1 saturated carbocycles. The summed E-state index contributed by atoms with van der Waals surface area (Å²) in [5.74, 6) is 3.56. The molecule has 0 aromatic carbocycles.